The molecule has 23 heavy (non-hydrogen) atoms. The first-order valence-corrected chi connectivity index (χ1v) is 8.67. The molecule has 1 N–H and O–H groups in total. The van der Waals surface area contributed by atoms with E-state index in [0.29, 0.717) is 12.0 Å². The molecule has 1 amide bonds. The third kappa shape index (κ3) is 2.56. The molecule has 2 aliphatic rings. The number of benzene rings is 1. The minimum Gasteiger partial charge on any atom is -0.335 e. The van der Waals surface area contributed by atoms with Gasteiger partial charge in [-0.15, -0.1) is 0 Å². The molecule has 120 valence electrons. The lowest BCUT2D eigenvalue weighted by Crippen LogP contribution is -2.41. The summed E-state index contributed by atoms with van der Waals surface area (Å²) >= 11 is 0. The summed E-state index contributed by atoms with van der Waals surface area (Å²) in [5.74, 6) is 0.535. The summed E-state index contributed by atoms with van der Waals surface area (Å²) in [5, 5.41) is 0.909. The van der Waals surface area contributed by atoms with Gasteiger partial charge in [0.15, 0.2) is 0 Å². The lowest BCUT2D eigenvalue weighted by atomic mass is 9.95. The summed E-state index contributed by atoms with van der Waals surface area (Å²) in [6.07, 6.45) is 7.14. The molecule has 0 spiro atoms. The van der Waals surface area contributed by atoms with Gasteiger partial charge in [-0.3, -0.25) is 9.59 Å². The number of aromatic amines is 1. The first-order valence-electron chi connectivity index (χ1n) is 8.67. The summed E-state index contributed by atoms with van der Waals surface area (Å²) < 4.78 is 0. The topological polar surface area (TPSA) is 53.2 Å². The van der Waals surface area contributed by atoms with Crippen molar-refractivity contribution in [2.45, 2.75) is 44.6 Å². The van der Waals surface area contributed by atoms with Crippen LogP contribution in [0.5, 0.6) is 0 Å². The largest absolute Gasteiger partial charge is 0.335 e. The molecule has 1 saturated carbocycles. The Labute approximate surface area is 135 Å². The summed E-state index contributed by atoms with van der Waals surface area (Å²) in [7, 11) is 0. The standard InChI is InChI=1S/C19H22N2O2/c22-18-15(12-14-8-3-4-9-16(14)20-18)19(23)21-11-5-10-17(21)13-6-1-2-7-13/h3-4,8-9,12-13,17H,1-2,5-7,10-11H2,(H,20,22)/t17-/m1/s1. The van der Waals surface area contributed by atoms with Gasteiger partial charge in [0.05, 0.1) is 0 Å². The number of nitrogens with zero attached hydrogens (tertiary/aromatic N) is 1. The number of H-pyrrole nitrogens is 1. The fourth-order valence-electron chi connectivity index (χ4n) is 4.34. The van der Waals surface area contributed by atoms with E-state index < -0.39 is 0 Å². The molecule has 1 aromatic heterocycles. The van der Waals surface area contributed by atoms with E-state index in [9.17, 15) is 9.59 Å². The van der Waals surface area contributed by atoms with Crippen LogP contribution in [-0.4, -0.2) is 28.4 Å². The van der Waals surface area contributed by atoms with Crippen LogP contribution in [0.1, 0.15) is 48.9 Å². The Morgan fingerprint density at radius 1 is 1.09 bits per heavy atom. The molecule has 2 fully saturated rings. The van der Waals surface area contributed by atoms with Crippen LogP contribution in [-0.2, 0) is 0 Å². The Bertz CT molecular complexity index is 789. The van der Waals surface area contributed by atoms with E-state index in [2.05, 4.69) is 4.98 Å². The van der Waals surface area contributed by atoms with Crippen LogP contribution in [0.15, 0.2) is 35.1 Å². The molecule has 4 heteroatoms. The zero-order valence-corrected chi connectivity index (χ0v) is 13.3. The van der Waals surface area contributed by atoms with Gasteiger partial charge in [0.1, 0.15) is 5.56 Å². The van der Waals surface area contributed by atoms with Crippen molar-refractivity contribution in [2.75, 3.05) is 6.54 Å². The normalized spacial score (nSPS) is 22.1. The van der Waals surface area contributed by atoms with E-state index in [0.717, 1.165) is 30.3 Å². The lowest BCUT2D eigenvalue weighted by Gasteiger charge is -2.29. The number of para-hydroxylation sites is 1. The van der Waals surface area contributed by atoms with Crippen molar-refractivity contribution in [3.05, 3.63) is 46.2 Å². The van der Waals surface area contributed by atoms with Crippen molar-refractivity contribution < 1.29 is 4.79 Å². The van der Waals surface area contributed by atoms with Gasteiger partial charge < -0.3 is 9.88 Å². The summed E-state index contributed by atoms with van der Waals surface area (Å²) in [4.78, 5) is 30.2. The SMILES string of the molecule is O=C(c1cc2ccccc2[nH]c1=O)N1CCC[C@@H]1C1CCCC1. The molecule has 1 saturated heterocycles. The number of carbonyl (C=O) groups is 1. The number of nitrogens with one attached hydrogen (secondary N) is 1. The number of hydrogen-bond acceptors (Lipinski definition) is 2. The van der Waals surface area contributed by atoms with Crippen LogP contribution in [0.25, 0.3) is 10.9 Å². The van der Waals surface area contributed by atoms with E-state index in [-0.39, 0.29) is 17.0 Å². The fraction of sp³-hybridized carbons (Fsp3) is 0.474. The summed E-state index contributed by atoms with van der Waals surface area (Å²) in [6, 6.07) is 9.68. The average Bonchev–Trinajstić information content (AvgIpc) is 3.24. The van der Waals surface area contributed by atoms with Crippen LogP contribution >= 0.6 is 0 Å². The summed E-state index contributed by atoms with van der Waals surface area (Å²) in [6.45, 7) is 0.784. The molecular weight excluding hydrogens is 288 g/mol. The first kappa shape index (κ1) is 14.5. The van der Waals surface area contributed by atoms with Gasteiger partial charge in [-0.2, -0.15) is 0 Å². The van der Waals surface area contributed by atoms with Gasteiger partial charge in [0.2, 0.25) is 0 Å². The van der Waals surface area contributed by atoms with Crippen molar-refractivity contribution in [3.63, 3.8) is 0 Å². The zero-order chi connectivity index (χ0) is 15.8. The van der Waals surface area contributed by atoms with Crippen LogP contribution in [0.3, 0.4) is 0 Å². The highest BCUT2D eigenvalue weighted by atomic mass is 16.2. The number of rotatable bonds is 2. The molecule has 0 bridgehead atoms. The second-order valence-electron chi connectivity index (χ2n) is 6.85. The second kappa shape index (κ2) is 5.84. The number of fused-ring (bicyclic) bond motifs is 1. The number of carbonyl (C=O) groups excluding carboxylic acids is 1. The first-order chi connectivity index (χ1) is 11.2. The fourth-order valence-corrected chi connectivity index (χ4v) is 4.34. The van der Waals surface area contributed by atoms with E-state index in [1.54, 1.807) is 6.07 Å². The Balaban J connectivity index is 1.68. The predicted octanol–water partition coefficient (Wildman–Crippen LogP) is 3.32. The lowest BCUT2D eigenvalue weighted by molar-refractivity contribution is 0.0687. The Morgan fingerprint density at radius 2 is 1.87 bits per heavy atom. The number of hydrogen-bond donors (Lipinski definition) is 1. The van der Waals surface area contributed by atoms with Crippen molar-refractivity contribution in [3.8, 4) is 0 Å². The van der Waals surface area contributed by atoms with E-state index >= 15 is 0 Å². The third-order valence-electron chi connectivity index (χ3n) is 5.49. The average molecular weight is 310 g/mol. The minimum absolute atomic E-state index is 0.0913. The monoisotopic (exact) mass is 310 g/mol. The highest BCUT2D eigenvalue weighted by Gasteiger charge is 2.36. The maximum absolute atomic E-state index is 13.0. The third-order valence-corrected chi connectivity index (χ3v) is 5.49. The van der Waals surface area contributed by atoms with E-state index in [4.69, 9.17) is 0 Å². The molecule has 2 heterocycles. The summed E-state index contributed by atoms with van der Waals surface area (Å²) in [5.41, 5.74) is 0.794. The molecule has 1 aliphatic carbocycles. The predicted molar refractivity (Wildman–Crippen MR) is 90.6 cm³/mol. The van der Waals surface area contributed by atoms with Crippen LogP contribution in [0.4, 0.5) is 0 Å². The molecule has 0 unspecified atom stereocenters. The molecule has 1 atom stereocenters. The molecule has 4 nitrogen and oxygen atoms in total. The number of aromatic nitrogens is 1. The van der Waals surface area contributed by atoms with Crippen LogP contribution in [0, 0.1) is 5.92 Å². The molecule has 1 aromatic carbocycles. The zero-order valence-electron chi connectivity index (χ0n) is 13.3. The highest BCUT2D eigenvalue weighted by Crippen LogP contribution is 2.35. The van der Waals surface area contributed by atoms with Crippen LogP contribution in [0.2, 0.25) is 0 Å². The molecule has 4 rings (SSSR count). The Morgan fingerprint density at radius 3 is 2.70 bits per heavy atom. The van der Waals surface area contributed by atoms with Crippen molar-refractivity contribution in [1.82, 2.24) is 9.88 Å². The van der Waals surface area contributed by atoms with E-state index in [1.807, 2.05) is 29.2 Å². The number of amides is 1. The van der Waals surface area contributed by atoms with Crippen molar-refractivity contribution in [1.29, 1.82) is 0 Å². The Hall–Kier alpha value is -2.10. The van der Waals surface area contributed by atoms with Crippen molar-refractivity contribution >= 4 is 16.8 Å². The van der Waals surface area contributed by atoms with E-state index in [1.165, 1.54) is 25.7 Å². The molecule has 0 radical (unpaired) electrons. The van der Waals surface area contributed by atoms with Gasteiger partial charge in [-0.1, -0.05) is 31.0 Å². The minimum atomic E-state index is -0.272. The van der Waals surface area contributed by atoms with Gasteiger partial charge in [0, 0.05) is 18.1 Å². The van der Waals surface area contributed by atoms with Gasteiger partial charge >= 0.3 is 0 Å². The van der Waals surface area contributed by atoms with Gasteiger partial charge in [-0.25, -0.2) is 0 Å². The number of pyridine rings is 1. The molecule has 2 aromatic rings. The second-order valence-corrected chi connectivity index (χ2v) is 6.85. The molecular formula is C19H22N2O2. The van der Waals surface area contributed by atoms with Crippen LogP contribution < -0.4 is 5.56 Å². The maximum atomic E-state index is 13.0. The number of likely N-dealkylation sites (tertiary alicyclic amines) is 1. The Kier molecular flexibility index (Phi) is 3.68. The molecule has 1 aliphatic heterocycles. The van der Waals surface area contributed by atoms with Crippen molar-refractivity contribution in [2.24, 2.45) is 5.92 Å². The van der Waals surface area contributed by atoms with Gasteiger partial charge in [-0.05, 0) is 49.1 Å². The van der Waals surface area contributed by atoms with Gasteiger partial charge in [0.25, 0.3) is 11.5 Å². The highest BCUT2D eigenvalue weighted by molar-refractivity contribution is 5.97. The maximum Gasteiger partial charge on any atom is 0.261 e. The quantitative estimate of drug-likeness (QED) is 0.925. The smallest absolute Gasteiger partial charge is 0.261 e.